The molecule has 2 heterocycles. The minimum absolute atomic E-state index is 0.257. The summed E-state index contributed by atoms with van der Waals surface area (Å²) in [6.07, 6.45) is 0. The van der Waals surface area contributed by atoms with Gasteiger partial charge in [-0.3, -0.25) is 9.59 Å². The number of sulfone groups is 1. The predicted molar refractivity (Wildman–Crippen MR) is 113 cm³/mol. The van der Waals surface area contributed by atoms with Crippen LogP contribution in [-0.4, -0.2) is 80.1 Å². The first-order valence-corrected chi connectivity index (χ1v) is 12.2. The van der Waals surface area contributed by atoms with Crippen molar-refractivity contribution in [3.63, 3.8) is 0 Å². The van der Waals surface area contributed by atoms with E-state index in [0.717, 1.165) is 16.9 Å². The standard InChI is InChI=1S/C19H23N3O7S2/c1-3-29-18(25)13-4-5-14-15(10-13)30-19(21(14)2)20-16(23)11-31(26,27)12-17(24)22-6-8-28-9-7-22/h4-5,10H,3,6-9,11-12H2,1-2H3. The lowest BCUT2D eigenvalue weighted by atomic mass is 10.2. The fourth-order valence-corrected chi connectivity index (χ4v) is 5.23. The SMILES string of the molecule is CCOC(=O)c1ccc2c(c1)sc(=NC(=O)CS(=O)(=O)CC(=O)N1CCOCC1)n2C. The zero-order chi connectivity index (χ0) is 22.6. The highest BCUT2D eigenvalue weighted by molar-refractivity contribution is 7.92. The molecule has 1 saturated heterocycles. The number of aryl methyl sites for hydroxylation is 1. The smallest absolute Gasteiger partial charge is 0.338 e. The van der Waals surface area contributed by atoms with Gasteiger partial charge in [0, 0.05) is 20.1 Å². The lowest BCUT2D eigenvalue weighted by Gasteiger charge is -2.26. The zero-order valence-corrected chi connectivity index (χ0v) is 18.8. The molecule has 3 rings (SSSR count). The quantitative estimate of drug-likeness (QED) is 0.550. The topological polar surface area (TPSA) is 124 Å². The van der Waals surface area contributed by atoms with Crippen molar-refractivity contribution in [2.45, 2.75) is 6.92 Å². The van der Waals surface area contributed by atoms with Gasteiger partial charge in [0.25, 0.3) is 5.91 Å². The Balaban J connectivity index is 1.75. The van der Waals surface area contributed by atoms with Crippen molar-refractivity contribution in [3.8, 4) is 0 Å². The third-order valence-corrected chi connectivity index (χ3v) is 7.06. The summed E-state index contributed by atoms with van der Waals surface area (Å²) in [4.78, 5) is 42.0. The van der Waals surface area contributed by atoms with E-state index < -0.39 is 39.1 Å². The Labute approximate surface area is 183 Å². The maximum Gasteiger partial charge on any atom is 0.338 e. The van der Waals surface area contributed by atoms with Crippen LogP contribution in [0.25, 0.3) is 10.2 Å². The average molecular weight is 470 g/mol. The van der Waals surface area contributed by atoms with E-state index in [0.29, 0.717) is 36.6 Å². The van der Waals surface area contributed by atoms with Gasteiger partial charge in [0.2, 0.25) is 5.91 Å². The Hall–Kier alpha value is -2.57. The lowest BCUT2D eigenvalue weighted by Crippen LogP contribution is -2.43. The highest BCUT2D eigenvalue weighted by Gasteiger charge is 2.25. The second-order valence-corrected chi connectivity index (χ2v) is 9.95. The number of hydrogen-bond donors (Lipinski definition) is 0. The van der Waals surface area contributed by atoms with Crippen LogP contribution in [0.3, 0.4) is 0 Å². The second kappa shape index (κ2) is 9.71. The van der Waals surface area contributed by atoms with Crippen LogP contribution in [0.4, 0.5) is 0 Å². The van der Waals surface area contributed by atoms with E-state index in [4.69, 9.17) is 9.47 Å². The lowest BCUT2D eigenvalue weighted by molar-refractivity contribution is -0.132. The van der Waals surface area contributed by atoms with Crippen molar-refractivity contribution in [1.82, 2.24) is 9.47 Å². The van der Waals surface area contributed by atoms with Crippen LogP contribution in [0.15, 0.2) is 23.2 Å². The summed E-state index contributed by atoms with van der Waals surface area (Å²) in [7, 11) is -2.27. The number of benzene rings is 1. The number of nitrogens with zero attached hydrogens (tertiary/aromatic N) is 3. The molecule has 12 heteroatoms. The number of aromatic nitrogens is 1. The van der Waals surface area contributed by atoms with Gasteiger partial charge in [-0.15, -0.1) is 0 Å². The monoisotopic (exact) mass is 469 g/mol. The van der Waals surface area contributed by atoms with E-state index >= 15 is 0 Å². The Morgan fingerprint density at radius 2 is 1.90 bits per heavy atom. The normalized spacial score (nSPS) is 15.3. The van der Waals surface area contributed by atoms with E-state index in [2.05, 4.69) is 4.99 Å². The summed E-state index contributed by atoms with van der Waals surface area (Å²) in [5.74, 6) is -3.45. The fourth-order valence-electron chi connectivity index (χ4n) is 3.05. The third kappa shape index (κ3) is 5.77. The van der Waals surface area contributed by atoms with Gasteiger partial charge in [0.1, 0.15) is 11.5 Å². The van der Waals surface area contributed by atoms with E-state index in [-0.39, 0.29) is 11.4 Å². The van der Waals surface area contributed by atoms with Crippen LogP contribution < -0.4 is 4.80 Å². The molecule has 1 aromatic heterocycles. The molecule has 31 heavy (non-hydrogen) atoms. The van der Waals surface area contributed by atoms with Gasteiger partial charge in [-0.05, 0) is 25.1 Å². The van der Waals surface area contributed by atoms with Crippen LogP contribution in [0.1, 0.15) is 17.3 Å². The Morgan fingerprint density at radius 1 is 1.19 bits per heavy atom. The number of fused-ring (bicyclic) bond motifs is 1. The molecule has 10 nitrogen and oxygen atoms in total. The van der Waals surface area contributed by atoms with Gasteiger partial charge in [0.15, 0.2) is 14.6 Å². The van der Waals surface area contributed by atoms with Crippen LogP contribution in [0.2, 0.25) is 0 Å². The van der Waals surface area contributed by atoms with Gasteiger partial charge in [-0.2, -0.15) is 4.99 Å². The molecule has 0 N–H and O–H groups in total. The van der Waals surface area contributed by atoms with Gasteiger partial charge < -0.3 is 18.9 Å². The van der Waals surface area contributed by atoms with Gasteiger partial charge in [0.05, 0.1) is 35.6 Å². The molecule has 1 aliphatic heterocycles. The van der Waals surface area contributed by atoms with Crippen molar-refractivity contribution in [2.75, 3.05) is 44.4 Å². The van der Waals surface area contributed by atoms with E-state index in [1.54, 1.807) is 36.7 Å². The molecule has 0 spiro atoms. The Morgan fingerprint density at radius 3 is 2.58 bits per heavy atom. The summed E-state index contributed by atoms with van der Waals surface area (Å²) in [5.41, 5.74) is 1.10. The molecule has 0 unspecified atom stereocenters. The molecule has 0 atom stereocenters. The molecule has 0 radical (unpaired) electrons. The molecule has 0 aliphatic carbocycles. The van der Waals surface area contributed by atoms with Crippen molar-refractivity contribution in [3.05, 3.63) is 28.6 Å². The summed E-state index contributed by atoms with van der Waals surface area (Å²) >= 11 is 1.15. The van der Waals surface area contributed by atoms with E-state index in [1.165, 1.54) is 4.90 Å². The largest absolute Gasteiger partial charge is 0.462 e. The molecule has 2 amide bonds. The summed E-state index contributed by atoms with van der Waals surface area (Å²) in [6, 6.07) is 4.96. The highest BCUT2D eigenvalue weighted by atomic mass is 32.2. The Bertz CT molecular complexity index is 1170. The summed E-state index contributed by atoms with van der Waals surface area (Å²) in [6.45, 7) is 3.36. The molecule has 2 aromatic rings. The zero-order valence-electron chi connectivity index (χ0n) is 17.2. The third-order valence-electron chi connectivity index (χ3n) is 4.59. The molecular formula is C19H23N3O7S2. The van der Waals surface area contributed by atoms with Gasteiger partial charge in [-0.25, -0.2) is 13.2 Å². The highest BCUT2D eigenvalue weighted by Crippen LogP contribution is 2.19. The molecule has 1 fully saturated rings. The fraction of sp³-hybridized carbons (Fsp3) is 0.474. The number of carbonyl (C=O) groups excluding carboxylic acids is 3. The number of amides is 2. The number of carbonyl (C=O) groups is 3. The summed E-state index contributed by atoms with van der Waals surface area (Å²) < 4.78 is 37.1. The number of thiazole rings is 1. The average Bonchev–Trinajstić information content (AvgIpc) is 3.02. The molecule has 1 aliphatic rings. The van der Waals surface area contributed by atoms with Gasteiger partial charge in [-0.1, -0.05) is 11.3 Å². The molecule has 1 aromatic carbocycles. The van der Waals surface area contributed by atoms with Crippen molar-refractivity contribution in [2.24, 2.45) is 12.0 Å². The van der Waals surface area contributed by atoms with E-state index in [1.807, 2.05) is 0 Å². The second-order valence-electron chi connectivity index (χ2n) is 6.88. The first-order valence-electron chi connectivity index (χ1n) is 9.60. The number of esters is 1. The maximum absolute atomic E-state index is 12.3. The molecule has 0 bridgehead atoms. The number of hydrogen-bond acceptors (Lipinski definition) is 8. The Kier molecular flexibility index (Phi) is 7.23. The maximum atomic E-state index is 12.3. The first kappa shape index (κ1) is 23.1. The van der Waals surface area contributed by atoms with Crippen LogP contribution in [0.5, 0.6) is 0 Å². The van der Waals surface area contributed by atoms with Crippen LogP contribution in [0, 0.1) is 0 Å². The number of rotatable bonds is 6. The summed E-state index contributed by atoms with van der Waals surface area (Å²) in [5, 5.41) is 0. The minimum Gasteiger partial charge on any atom is -0.462 e. The molecule has 0 saturated carbocycles. The first-order chi connectivity index (χ1) is 14.7. The predicted octanol–water partition coefficient (Wildman–Crippen LogP) is 0.117. The molecule has 168 valence electrons. The van der Waals surface area contributed by atoms with Crippen molar-refractivity contribution >= 4 is 49.2 Å². The molecular weight excluding hydrogens is 446 g/mol. The minimum atomic E-state index is -3.96. The number of morpholine rings is 1. The number of ether oxygens (including phenoxy) is 2. The van der Waals surface area contributed by atoms with Gasteiger partial charge >= 0.3 is 5.97 Å². The van der Waals surface area contributed by atoms with Crippen molar-refractivity contribution in [1.29, 1.82) is 0 Å². The van der Waals surface area contributed by atoms with Crippen LogP contribution >= 0.6 is 11.3 Å². The van der Waals surface area contributed by atoms with E-state index in [9.17, 15) is 22.8 Å². The van der Waals surface area contributed by atoms with Crippen LogP contribution in [-0.2, 0) is 35.9 Å². The van der Waals surface area contributed by atoms with Crippen molar-refractivity contribution < 1.29 is 32.3 Å².